The molecule has 12 heteroatoms. The fraction of sp³-hybridized carbons (Fsp3) is 0.111. The quantitative estimate of drug-likeness (QED) is 0.415. The molecule has 156 valence electrons. The van der Waals surface area contributed by atoms with Crippen LogP contribution in [0.3, 0.4) is 0 Å². The van der Waals surface area contributed by atoms with Crippen molar-refractivity contribution in [3.63, 3.8) is 0 Å². The highest BCUT2D eigenvalue weighted by atomic mass is 35.5. The summed E-state index contributed by atoms with van der Waals surface area (Å²) in [4.78, 5) is 26.6. The predicted octanol–water partition coefficient (Wildman–Crippen LogP) is 5.27. The highest BCUT2D eigenvalue weighted by Crippen LogP contribution is 2.33. The lowest BCUT2D eigenvalue weighted by Crippen LogP contribution is -2.29. The molecule has 0 aliphatic carbocycles. The van der Waals surface area contributed by atoms with Gasteiger partial charge in [0.25, 0.3) is 11.2 Å². The maximum atomic E-state index is 13.3. The molecule has 0 atom stereocenters. The van der Waals surface area contributed by atoms with Crippen molar-refractivity contribution >= 4 is 40.5 Å². The Morgan fingerprint density at radius 1 is 1.10 bits per heavy atom. The van der Waals surface area contributed by atoms with Gasteiger partial charge in [-0.25, -0.2) is 4.98 Å². The minimum absolute atomic E-state index is 0.144. The number of nitro groups is 1. The lowest BCUT2D eigenvalue weighted by atomic mass is 10.2. The Morgan fingerprint density at radius 3 is 2.33 bits per heavy atom. The first kappa shape index (κ1) is 21.6. The minimum atomic E-state index is -5.01. The standard InChI is InChI=1S/C18H11Cl2F3N4O3/c19-11-7-5-10(6-8-11)9-26-16(28)14(20)15(18(21,22)23)25-17(26)24-12-3-1-2-4-13(12)27(29)30/h1-8H,9H2,(H,24,25). The smallest absolute Gasteiger partial charge is 0.320 e. The third-order valence-electron chi connectivity index (χ3n) is 3.98. The molecule has 0 radical (unpaired) electrons. The molecule has 1 N–H and O–H groups in total. The molecule has 0 spiro atoms. The topological polar surface area (TPSA) is 90.1 Å². The Bertz CT molecular complexity index is 1160. The van der Waals surface area contributed by atoms with Crippen molar-refractivity contribution in [3.05, 3.63) is 90.3 Å². The van der Waals surface area contributed by atoms with Crippen LogP contribution in [0.4, 0.5) is 30.5 Å². The summed E-state index contributed by atoms with van der Waals surface area (Å²) in [6, 6.07) is 11.5. The second-order valence-electron chi connectivity index (χ2n) is 6.01. The van der Waals surface area contributed by atoms with E-state index in [0.29, 0.717) is 10.6 Å². The Labute approximate surface area is 176 Å². The first-order valence-electron chi connectivity index (χ1n) is 8.20. The molecular formula is C18H11Cl2F3N4O3. The van der Waals surface area contributed by atoms with Gasteiger partial charge in [-0.1, -0.05) is 47.5 Å². The van der Waals surface area contributed by atoms with Gasteiger partial charge >= 0.3 is 6.18 Å². The third kappa shape index (κ3) is 4.55. The summed E-state index contributed by atoms with van der Waals surface area (Å²) >= 11 is 11.5. The van der Waals surface area contributed by atoms with Gasteiger partial charge in [-0.2, -0.15) is 13.2 Å². The summed E-state index contributed by atoms with van der Waals surface area (Å²) in [5.74, 6) is -0.555. The van der Waals surface area contributed by atoms with Gasteiger partial charge in [-0.3, -0.25) is 19.5 Å². The second-order valence-corrected chi connectivity index (χ2v) is 6.83. The second kappa shape index (κ2) is 8.33. The number of para-hydroxylation sites is 2. The van der Waals surface area contributed by atoms with Crippen molar-refractivity contribution in [2.45, 2.75) is 12.7 Å². The molecule has 0 fully saturated rings. The monoisotopic (exact) mass is 458 g/mol. The Hall–Kier alpha value is -3.11. The van der Waals surface area contributed by atoms with Crippen LogP contribution in [0.25, 0.3) is 0 Å². The number of nitrogens with zero attached hydrogens (tertiary/aromatic N) is 3. The number of hydrogen-bond donors (Lipinski definition) is 1. The molecular weight excluding hydrogens is 448 g/mol. The Morgan fingerprint density at radius 2 is 1.73 bits per heavy atom. The van der Waals surface area contributed by atoms with Crippen LogP contribution in [0.5, 0.6) is 0 Å². The van der Waals surface area contributed by atoms with Crippen molar-refractivity contribution in [2.24, 2.45) is 0 Å². The van der Waals surface area contributed by atoms with E-state index in [2.05, 4.69) is 10.3 Å². The molecule has 2 aromatic carbocycles. The van der Waals surface area contributed by atoms with Gasteiger partial charge in [0.05, 0.1) is 11.5 Å². The van der Waals surface area contributed by atoms with Gasteiger partial charge in [0.2, 0.25) is 5.95 Å². The molecule has 30 heavy (non-hydrogen) atoms. The molecule has 0 unspecified atom stereocenters. The molecule has 3 aromatic rings. The number of nitrogens with one attached hydrogen (secondary N) is 1. The number of rotatable bonds is 5. The van der Waals surface area contributed by atoms with E-state index >= 15 is 0 Å². The van der Waals surface area contributed by atoms with E-state index in [4.69, 9.17) is 23.2 Å². The van der Waals surface area contributed by atoms with E-state index in [9.17, 15) is 28.1 Å². The average Bonchev–Trinajstić information content (AvgIpc) is 2.68. The zero-order valence-electron chi connectivity index (χ0n) is 14.8. The van der Waals surface area contributed by atoms with Gasteiger partial charge in [-0.05, 0) is 23.8 Å². The number of hydrogen-bond acceptors (Lipinski definition) is 5. The predicted molar refractivity (Wildman–Crippen MR) is 105 cm³/mol. The van der Waals surface area contributed by atoms with Gasteiger partial charge in [0.1, 0.15) is 10.7 Å². The van der Waals surface area contributed by atoms with Crippen LogP contribution in [-0.4, -0.2) is 14.5 Å². The molecule has 0 aliphatic rings. The normalized spacial score (nSPS) is 11.4. The summed E-state index contributed by atoms with van der Waals surface area (Å²) in [7, 11) is 0. The number of halogens is 5. The molecule has 3 rings (SSSR count). The molecule has 0 saturated carbocycles. The molecule has 0 bridgehead atoms. The molecule has 0 amide bonds. The van der Waals surface area contributed by atoms with E-state index < -0.39 is 39.0 Å². The fourth-order valence-corrected chi connectivity index (χ4v) is 2.97. The molecule has 0 aliphatic heterocycles. The molecule has 1 aromatic heterocycles. The van der Waals surface area contributed by atoms with Crippen molar-refractivity contribution in [1.82, 2.24) is 9.55 Å². The summed E-state index contributed by atoms with van der Waals surface area (Å²) in [5.41, 5.74) is -2.79. The highest BCUT2D eigenvalue weighted by Gasteiger charge is 2.38. The van der Waals surface area contributed by atoms with Crippen LogP contribution in [0.1, 0.15) is 11.3 Å². The number of benzene rings is 2. The maximum Gasteiger partial charge on any atom is 0.435 e. The molecule has 7 nitrogen and oxygen atoms in total. The Kier molecular flexibility index (Phi) is 5.99. The van der Waals surface area contributed by atoms with E-state index in [1.807, 2.05) is 0 Å². The van der Waals surface area contributed by atoms with Crippen molar-refractivity contribution < 1.29 is 18.1 Å². The van der Waals surface area contributed by atoms with Crippen LogP contribution < -0.4 is 10.9 Å². The number of aromatic nitrogens is 2. The van der Waals surface area contributed by atoms with Crippen molar-refractivity contribution in [3.8, 4) is 0 Å². The maximum absolute atomic E-state index is 13.3. The fourth-order valence-electron chi connectivity index (χ4n) is 2.59. The van der Waals surface area contributed by atoms with E-state index in [0.717, 1.165) is 10.6 Å². The van der Waals surface area contributed by atoms with Gasteiger partial charge < -0.3 is 5.32 Å². The summed E-state index contributed by atoms with van der Waals surface area (Å²) in [6.07, 6.45) is -5.01. The summed E-state index contributed by atoms with van der Waals surface area (Å²) < 4.78 is 40.8. The molecule has 0 saturated heterocycles. The van der Waals surface area contributed by atoms with E-state index in [1.165, 1.54) is 30.3 Å². The molecule has 1 heterocycles. The van der Waals surface area contributed by atoms with Gasteiger partial charge in [0, 0.05) is 11.1 Å². The van der Waals surface area contributed by atoms with Crippen LogP contribution in [0.15, 0.2) is 53.3 Å². The largest absolute Gasteiger partial charge is 0.435 e. The number of anilines is 2. The van der Waals surface area contributed by atoms with Crippen LogP contribution >= 0.6 is 23.2 Å². The zero-order chi connectivity index (χ0) is 22.1. The number of alkyl halides is 3. The van der Waals surface area contributed by atoms with Gasteiger partial charge in [-0.15, -0.1) is 0 Å². The van der Waals surface area contributed by atoms with Crippen molar-refractivity contribution in [2.75, 3.05) is 5.32 Å². The minimum Gasteiger partial charge on any atom is -0.320 e. The lowest BCUT2D eigenvalue weighted by Gasteiger charge is -2.17. The van der Waals surface area contributed by atoms with Crippen LogP contribution in [0, 0.1) is 10.1 Å². The van der Waals surface area contributed by atoms with E-state index in [-0.39, 0.29) is 12.2 Å². The zero-order valence-corrected chi connectivity index (χ0v) is 16.3. The first-order valence-corrected chi connectivity index (χ1v) is 8.96. The van der Waals surface area contributed by atoms with Crippen LogP contribution in [-0.2, 0) is 12.7 Å². The average molecular weight is 459 g/mol. The highest BCUT2D eigenvalue weighted by molar-refractivity contribution is 6.31. The number of nitro benzene ring substituents is 1. The SMILES string of the molecule is O=c1c(Cl)c(C(F)(F)F)nc(Nc2ccccc2[N+](=O)[O-])n1Cc1ccc(Cl)cc1. The van der Waals surface area contributed by atoms with Gasteiger partial charge in [0.15, 0.2) is 5.69 Å². The van der Waals surface area contributed by atoms with E-state index in [1.54, 1.807) is 12.1 Å². The summed E-state index contributed by atoms with van der Waals surface area (Å²) in [5, 5.41) is 13.0. The van der Waals surface area contributed by atoms with Crippen LogP contribution in [0.2, 0.25) is 10.0 Å². The lowest BCUT2D eigenvalue weighted by molar-refractivity contribution is -0.383. The summed E-state index contributed by atoms with van der Waals surface area (Å²) in [6.45, 7) is -0.205. The third-order valence-corrected chi connectivity index (χ3v) is 4.58. The van der Waals surface area contributed by atoms with Crippen molar-refractivity contribution in [1.29, 1.82) is 0 Å². The first-order chi connectivity index (χ1) is 14.1. The Balaban J connectivity index is 2.18.